The van der Waals surface area contributed by atoms with E-state index in [9.17, 15) is 8.42 Å². The van der Waals surface area contributed by atoms with Gasteiger partial charge in [-0.05, 0) is 60.3 Å². The van der Waals surface area contributed by atoms with Crippen molar-refractivity contribution in [3.05, 3.63) is 20.8 Å². The molecule has 8 heteroatoms. The Balaban J connectivity index is 1.64. The summed E-state index contributed by atoms with van der Waals surface area (Å²) in [6.45, 7) is 1.85. The van der Waals surface area contributed by atoms with Crippen molar-refractivity contribution in [3.63, 3.8) is 0 Å². The SMILES string of the molecule is CN(CCCNC1CC1)S(=O)(=O)NCCc1ccc(Br)s1. The Bertz CT molecular complexity index is 543. The lowest BCUT2D eigenvalue weighted by atomic mass is 10.3. The third-order valence-electron chi connectivity index (χ3n) is 3.36. The Morgan fingerprint density at radius 1 is 1.38 bits per heavy atom. The molecule has 1 aromatic heterocycles. The van der Waals surface area contributed by atoms with Gasteiger partial charge >= 0.3 is 0 Å². The monoisotopic (exact) mass is 395 g/mol. The van der Waals surface area contributed by atoms with Crippen molar-refractivity contribution in [1.29, 1.82) is 0 Å². The Labute approximate surface area is 139 Å². The van der Waals surface area contributed by atoms with Gasteiger partial charge in [0, 0.05) is 31.1 Å². The summed E-state index contributed by atoms with van der Waals surface area (Å²) >= 11 is 5.03. The average molecular weight is 396 g/mol. The lowest BCUT2D eigenvalue weighted by Gasteiger charge is -2.17. The fourth-order valence-electron chi connectivity index (χ4n) is 1.92. The highest BCUT2D eigenvalue weighted by Gasteiger charge is 2.20. The van der Waals surface area contributed by atoms with E-state index in [1.165, 1.54) is 22.0 Å². The van der Waals surface area contributed by atoms with Crippen LogP contribution < -0.4 is 10.0 Å². The van der Waals surface area contributed by atoms with Gasteiger partial charge in [0.2, 0.25) is 0 Å². The molecule has 0 spiro atoms. The van der Waals surface area contributed by atoms with Crippen LogP contribution >= 0.6 is 27.3 Å². The van der Waals surface area contributed by atoms with Crippen molar-refractivity contribution in [2.24, 2.45) is 0 Å². The fraction of sp³-hybridized carbons (Fsp3) is 0.692. The van der Waals surface area contributed by atoms with Crippen LogP contribution in [0, 0.1) is 0 Å². The maximum atomic E-state index is 12.1. The molecule has 0 amide bonds. The predicted octanol–water partition coefficient (Wildman–Crippen LogP) is 1.96. The molecule has 0 aliphatic heterocycles. The van der Waals surface area contributed by atoms with Crippen molar-refractivity contribution < 1.29 is 8.42 Å². The molecule has 0 radical (unpaired) electrons. The van der Waals surface area contributed by atoms with Crippen molar-refractivity contribution in [2.75, 3.05) is 26.7 Å². The van der Waals surface area contributed by atoms with Crippen LogP contribution in [0.25, 0.3) is 0 Å². The molecular weight excluding hydrogens is 374 g/mol. The van der Waals surface area contributed by atoms with E-state index in [4.69, 9.17) is 0 Å². The first-order valence-electron chi connectivity index (χ1n) is 7.16. The van der Waals surface area contributed by atoms with E-state index in [1.54, 1.807) is 18.4 Å². The van der Waals surface area contributed by atoms with Crippen LogP contribution in [0.2, 0.25) is 0 Å². The van der Waals surface area contributed by atoms with Gasteiger partial charge in [-0.25, -0.2) is 4.72 Å². The third-order valence-corrected chi connectivity index (χ3v) is 6.61. The van der Waals surface area contributed by atoms with Gasteiger partial charge in [0.25, 0.3) is 10.2 Å². The molecule has 1 aliphatic carbocycles. The molecule has 0 bridgehead atoms. The molecule has 21 heavy (non-hydrogen) atoms. The first-order chi connectivity index (χ1) is 9.97. The van der Waals surface area contributed by atoms with E-state index in [2.05, 4.69) is 26.0 Å². The molecule has 1 fully saturated rings. The summed E-state index contributed by atoms with van der Waals surface area (Å²) in [5, 5.41) is 3.39. The van der Waals surface area contributed by atoms with Crippen LogP contribution in [-0.4, -0.2) is 45.4 Å². The van der Waals surface area contributed by atoms with Crippen LogP contribution in [-0.2, 0) is 16.6 Å². The highest BCUT2D eigenvalue weighted by Crippen LogP contribution is 2.22. The standard InChI is InChI=1S/C13H22BrN3O2S2/c1-17(10-2-8-15-11-3-4-11)21(18,19)16-9-7-12-5-6-13(14)20-12/h5-6,11,15-16H,2-4,7-10H2,1H3. The van der Waals surface area contributed by atoms with Gasteiger partial charge < -0.3 is 5.32 Å². The smallest absolute Gasteiger partial charge is 0.279 e. The van der Waals surface area contributed by atoms with Crippen molar-refractivity contribution in [1.82, 2.24) is 14.3 Å². The third kappa shape index (κ3) is 6.33. The predicted molar refractivity (Wildman–Crippen MR) is 90.9 cm³/mol. The highest BCUT2D eigenvalue weighted by atomic mass is 79.9. The minimum Gasteiger partial charge on any atom is -0.314 e. The average Bonchev–Trinajstić information content (AvgIpc) is 3.16. The van der Waals surface area contributed by atoms with Crippen molar-refractivity contribution in [2.45, 2.75) is 31.7 Å². The minimum atomic E-state index is -3.36. The zero-order valence-corrected chi connectivity index (χ0v) is 15.4. The zero-order chi connectivity index (χ0) is 15.3. The number of nitrogens with zero attached hydrogens (tertiary/aromatic N) is 1. The van der Waals surface area contributed by atoms with E-state index in [0.717, 1.165) is 16.8 Å². The van der Waals surface area contributed by atoms with Crippen LogP contribution in [0.1, 0.15) is 24.1 Å². The van der Waals surface area contributed by atoms with E-state index in [-0.39, 0.29) is 0 Å². The number of rotatable bonds is 10. The highest BCUT2D eigenvalue weighted by molar-refractivity contribution is 9.11. The van der Waals surface area contributed by atoms with Gasteiger partial charge in [0.05, 0.1) is 3.79 Å². The molecule has 0 unspecified atom stereocenters. The largest absolute Gasteiger partial charge is 0.314 e. The second-order valence-electron chi connectivity index (χ2n) is 5.26. The molecule has 120 valence electrons. The molecule has 0 saturated heterocycles. The van der Waals surface area contributed by atoms with Gasteiger partial charge in [0.1, 0.15) is 0 Å². The minimum absolute atomic E-state index is 0.431. The maximum absolute atomic E-state index is 12.1. The lowest BCUT2D eigenvalue weighted by molar-refractivity contribution is 0.444. The maximum Gasteiger partial charge on any atom is 0.279 e. The van der Waals surface area contributed by atoms with E-state index in [0.29, 0.717) is 25.6 Å². The summed E-state index contributed by atoms with van der Waals surface area (Å²) in [5.74, 6) is 0. The summed E-state index contributed by atoms with van der Waals surface area (Å²) in [6.07, 6.45) is 4.07. The molecule has 0 atom stereocenters. The number of hydrogen-bond donors (Lipinski definition) is 2. The second-order valence-corrected chi connectivity index (χ2v) is 9.67. The summed E-state index contributed by atoms with van der Waals surface area (Å²) in [5.41, 5.74) is 0. The Kier molecular flexibility index (Phi) is 6.64. The summed E-state index contributed by atoms with van der Waals surface area (Å²) in [4.78, 5) is 1.17. The van der Waals surface area contributed by atoms with E-state index < -0.39 is 10.2 Å². The topological polar surface area (TPSA) is 61.4 Å². The molecule has 1 heterocycles. The van der Waals surface area contributed by atoms with Crippen LogP contribution in [0.4, 0.5) is 0 Å². The van der Waals surface area contributed by atoms with E-state index in [1.807, 2.05) is 12.1 Å². The van der Waals surface area contributed by atoms with Crippen molar-refractivity contribution >= 4 is 37.5 Å². The molecule has 2 N–H and O–H groups in total. The number of halogens is 1. The van der Waals surface area contributed by atoms with Crippen LogP contribution in [0.5, 0.6) is 0 Å². The molecular formula is C13H22BrN3O2S2. The van der Waals surface area contributed by atoms with Gasteiger partial charge in [-0.1, -0.05) is 0 Å². The van der Waals surface area contributed by atoms with Crippen LogP contribution in [0.15, 0.2) is 15.9 Å². The lowest BCUT2D eigenvalue weighted by Crippen LogP contribution is -2.40. The summed E-state index contributed by atoms with van der Waals surface area (Å²) < 4.78 is 29.2. The van der Waals surface area contributed by atoms with Crippen molar-refractivity contribution in [3.8, 4) is 0 Å². The van der Waals surface area contributed by atoms with Crippen LogP contribution in [0.3, 0.4) is 0 Å². The quantitative estimate of drug-likeness (QED) is 0.595. The number of hydrogen-bond acceptors (Lipinski definition) is 4. The van der Waals surface area contributed by atoms with Gasteiger partial charge in [-0.15, -0.1) is 11.3 Å². The summed E-state index contributed by atoms with van der Waals surface area (Å²) in [7, 11) is -1.73. The number of thiophene rings is 1. The van der Waals surface area contributed by atoms with Gasteiger partial charge in [0.15, 0.2) is 0 Å². The second kappa shape index (κ2) is 8.03. The van der Waals surface area contributed by atoms with Gasteiger partial charge in [-0.3, -0.25) is 0 Å². The molecule has 0 aromatic carbocycles. The first kappa shape index (κ1) is 17.4. The molecule has 5 nitrogen and oxygen atoms in total. The van der Waals surface area contributed by atoms with Gasteiger partial charge in [-0.2, -0.15) is 12.7 Å². The summed E-state index contributed by atoms with van der Waals surface area (Å²) in [6, 6.07) is 4.67. The normalized spacial score (nSPS) is 15.8. The van der Waals surface area contributed by atoms with E-state index >= 15 is 0 Å². The Morgan fingerprint density at radius 2 is 2.14 bits per heavy atom. The zero-order valence-electron chi connectivity index (χ0n) is 12.1. The Morgan fingerprint density at radius 3 is 2.76 bits per heavy atom. The molecule has 2 rings (SSSR count). The molecule has 1 aliphatic rings. The molecule has 1 saturated carbocycles. The molecule has 1 aromatic rings. The first-order valence-corrected chi connectivity index (χ1v) is 10.2. The number of nitrogens with one attached hydrogen (secondary N) is 2. The Hall–Kier alpha value is 0.01000. The fourth-order valence-corrected chi connectivity index (χ4v) is 4.35.